The lowest BCUT2D eigenvalue weighted by atomic mass is 9.92. The molecule has 0 amide bonds. The third kappa shape index (κ3) is 3.88. The van der Waals surface area contributed by atoms with Gasteiger partial charge in [-0.1, -0.05) is 17.4 Å². The number of hydrogen-bond acceptors (Lipinski definition) is 6. The van der Waals surface area contributed by atoms with E-state index < -0.39 is 18.3 Å². The van der Waals surface area contributed by atoms with Crippen molar-refractivity contribution >= 4 is 11.3 Å². The Morgan fingerprint density at radius 3 is 2.70 bits per heavy atom. The number of aliphatic hydroxyl groups is 1. The van der Waals surface area contributed by atoms with E-state index in [2.05, 4.69) is 4.98 Å². The lowest BCUT2D eigenvalue weighted by Gasteiger charge is -2.25. The maximum Gasteiger partial charge on any atom is 0.416 e. The summed E-state index contributed by atoms with van der Waals surface area (Å²) in [6, 6.07) is 7.82. The minimum absolute atomic E-state index is 0.00311. The molecule has 2 heterocycles. The molecule has 0 fully saturated rings. The van der Waals surface area contributed by atoms with Gasteiger partial charge in [0.1, 0.15) is 17.2 Å². The second-order valence-electron chi connectivity index (χ2n) is 6.70. The summed E-state index contributed by atoms with van der Waals surface area (Å²) in [4.78, 5) is 14.1. The Morgan fingerprint density at radius 1 is 1.23 bits per heavy atom. The maximum atomic E-state index is 12.9. The fourth-order valence-electron chi connectivity index (χ4n) is 3.38. The van der Waals surface area contributed by atoms with Crippen LogP contribution >= 0.6 is 11.3 Å². The Hall–Kier alpha value is -2.98. The fourth-order valence-corrected chi connectivity index (χ4v) is 4.26. The zero-order valence-corrected chi connectivity index (χ0v) is 16.1. The Balaban J connectivity index is 1.64. The second-order valence-corrected chi connectivity index (χ2v) is 7.71. The normalized spacial score (nSPS) is 16.1. The highest BCUT2D eigenvalue weighted by Gasteiger charge is 2.31. The Bertz CT molecular complexity index is 1140. The number of aliphatic hydroxyl groups excluding tert-OH is 1. The number of aromatic amines is 1. The number of benzene rings is 2. The standard InChI is InChI=1S/C20H16F3NO5S/c21-20(22,23)11-1-4-15(10(7-11)9-25)29-12-2-3-13-14(5-6-28-16(13)8-12)17-18(26)24-19(27)30-17/h1-4,7-8,14,25-26H,5-6,9H2,(H,24,27)/t14-/m1/s1. The molecule has 4 rings (SSSR count). The van der Waals surface area contributed by atoms with Gasteiger partial charge in [-0.05, 0) is 30.7 Å². The molecule has 0 saturated heterocycles. The third-order valence-electron chi connectivity index (χ3n) is 4.78. The quantitative estimate of drug-likeness (QED) is 0.562. The molecule has 1 aromatic heterocycles. The molecule has 0 spiro atoms. The monoisotopic (exact) mass is 439 g/mol. The number of rotatable bonds is 4. The average Bonchev–Trinajstić information content (AvgIpc) is 3.04. The first-order valence-electron chi connectivity index (χ1n) is 8.94. The number of thiazole rings is 1. The van der Waals surface area contributed by atoms with E-state index in [4.69, 9.17) is 9.47 Å². The summed E-state index contributed by atoms with van der Waals surface area (Å²) in [6.07, 6.45) is -3.95. The molecule has 30 heavy (non-hydrogen) atoms. The number of H-pyrrole nitrogens is 1. The Morgan fingerprint density at radius 2 is 2.03 bits per heavy atom. The third-order valence-corrected chi connectivity index (χ3v) is 5.77. The second kappa shape index (κ2) is 7.69. The van der Waals surface area contributed by atoms with Crippen molar-refractivity contribution in [2.75, 3.05) is 6.61 Å². The van der Waals surface area contributed by atoms with Crippen LogP contribution in [0.25, 0.3) is 0 Å². The number of fused-ring (bicyclic) bond motifs is 1. The molecule has 3 N–H and O–H groups in total. The lowest BCUT2D eigenvalue weighted by Crippen LogP contribution is -2.14. The molecule has 1 atom stereocenters. The fraction of sp³-hybridized carbons (Fsp3) is 0.250. The van der Waals surface area contributed by atoms with Crippen LogP contribution in [-0.2, 0) is 12.8 Å². The molecule has 1 aliphatic rings. The van der Waals surface area contributed by atoms with Crippen LogP contribution in [0.2, 0.25) is 0 Å². The summed E-state index contributed by atoms with van der Waals surface area (Å²) in [5.74, 6) is 0.502. The van der Waals surface area contributed by atoms with Crippen molar-refractivity contribution in [1.82, 2.24) is 4.98 Å². The first-order chi connectivity index (χ1) is 14.3. The van der Waals surface area contributed by atoms with Crippen LogP contribution in [0.15, 0.2) is 41.2 Å². The van der Waals surface area contributed by atoms with Crippen molar-refractivity contribution in [3.63, 3.8) is 0 Å². The van der Waals surface area contributed by atoms with Crippen LogP contribution in [0.3, 0.4) is 0 Å². The van der Waals surface area contributed by atoms with Crippen molar-refractivity contribution in [2.45, 2.75) is 25.1 Å². The van der Waals surface area contributed by atoms with Gasteiger partial charge in [-0.15, -0.1) is 0 Å². The van der Waals surface area contributed by atoms with Crippen LogP contribution in [0.4, 0.5) is 13.2 Å². The van der Waals surface area contributed by atoms with E-state index in [0.717, 1.165) is 35.1 Å². The number of aromatic nitrogens is 1. The number of nitrogens with one attached hydrogen (secondary N) is 1. The molecule has 0 radical (unpaired) electrons. The van der Waals surface area contributed by atoms with Gasteiger partial charge in [-0.3, -0.25) is 9.78 Å². The van der Waals surface area contributed by atoms with E-state index in [9.17, 15) is 28.2 Å². The van der Waals surface area contributed by atoms with Gasteiger partial charge in [0.05, 0.1) is 23.7 Å². The van der Waals surface area contributed by atoms with Gasteiger partial charge >= 0.3 is 11.0 Å². The molecule has 6 nitrogen and oxygen atoms in total. The van der Waals surface area contributed by atoms with Gasteiger partial charge in [0, 0.05) is 23.1 Å². The molecule has 2 aromatic carbocycles. The molecular weight excluding hydrogens is 423 g/mol. The topological polar surface area (TPSA) is 91.8 Å². The van der Waals surface area contributed by atoms with E-state index in [1.165, 1.54) is 0 Å². The van der Waals surface area contributed by atoms with Crippen LogP contribution in [0.5, 0.6) is 23.1 Å². The van der Waals surface area contributed by atoms with Gasteiger partial charge in [0.15, 0.2) is 0 Å². The molecule has 1 aliphatic heterocycles. The smallest absolute Gasteiger partial charge is 0.416 e. The summed E-state index contributed by atoms with van der Waals surface area (Å²) in [5.41, 5.74) is -0.113. The van der Waals surface area contributed by atoms with Gasteiger partial charge in [-0.2, -0.15) is 13.2 Å². The highest BCUT2D eigenvalue weighted by Crippen LogP contribution is 2.44. The number of alkyl halides is 3. The largest absolute Gasteiger partial charge is 0.494 e. The van der Waals surface area contributed by atoms with Gasteiger partial charge in [0.2, 0.25) is 5.88 Å². The summed E-state index contributed by atoms with van der Waals surface area (Å²) in [7, 11) is 0. The van der Waals surface area contributed by atoms with Crippen molar-refractivity contribution < 1.29 is 32.9 Å². The van der Waals surface area contributed by atoms with Crippen molar-refractivity contribution in [1.29, 1.82) is 0 Å². The van der Waals surface area contributed by atoms with Crippen LogP contribution in [0.1, 0.15) is 33.9 Å². The van der Waals surface area contributed by atoms with Crippen molar-refractivity contribution in [2.24, 2.45) is 0 Å². The molecular formula is C20H16F3NO5S. The van der Waals surface area contributed by atoms with E-state index in [1.54, 1.807) is 18.2 Å². The summed E-state index contributed by atoms with van der Waals surface area (Å²) >= 11 is 0.932. The number of ether oxygens (including phenoxy) is 2. The lowest BCUT2D eigenvalue weighted by molar-refractivity contribution is -0.137. The predicted octanol–water partition coefficient (Wildman–Crippen LogP) is 4.36. The molecule has 0 aliphatic carbocycles. The first kappa shape index (κ1) is 20.3. The average molecular weight is 439 g/mol. The molecule has 10 heteroatoms. The van der Waals surface area contributed by atoms with E-state index in [-0.39, 0.29) is 28.0 Å². The number of hydrogen-bond donors (Lipinski definition) is 3. The summed E-state index contributed by atoms with van der Waals surface area (Å²) in [5, 5.41) is 19.4. The number of halogens is 3. The minimum atomic E-state index is -4.52. The highest BCUT2D eigenvalue weighted by molar-refractivity contribution is 7.09. The Kier molecular flexibility index (Phi) is 5.20. The van der Waals surface area contributed by atoms with Gasteiger partial charge < -0.3 is 19.7 Å². The SMILES string of the molecule is O=c1[nH]c(O)c([C@@H]2CCOc3cc(Oc4ccc(C(F)(F)F)cc4CO)ccc32)s1. The first-order valence-corrected chi connectivity index (χ1v) is 9.75. The molecule has 0 unspecified atom stereocenters. The predicted molar refractivity (Wildman–Crippen MR) is 102 cm³/mol. The number of aromatic hydroxyl groups is 1. The van der Waals surface area contributed by atoms with Crippen LogP contribution < -0.4 is 14.3 Å². The van der Waals surface area contributed by atoms with Gasteiger partial charge in [-0.25, -0.2) is 0 Å². The zero-order chi connectivity index (χ0) is 21.5. The molecule has 3 aromatic rings. The maximum absolute atomic E-state index is 12.9. The van der Waals surface area contributed by atoms with Crippen LogP contribution in [-0.4, -0.2) is 21.8 Å². The summed E-state index contributed by atoms with van der Waals surface area (Å²) < 4.78 is 50.0. The highest BCUT2D eigenvalue weighted by atomic mass is 32.1. The molecule has 158 valence electrons. The summed E-state index contributed by atoms with van der Waals surface area (Å²) in [6.45, 7) is -0.261. The zero-order valence-electron chi connectivity index (χ0n) is 15.3. The van der Waals surface area contributed by atoms with Crippen molar-refractivity contribution in [3.8, 4) is 23.1 Å². The van der Waals surface area contributed by atoms with Gasteiger partial charge in [0.25, 0.3) is 0 Å². The molecule has 0 saturated carbocycles. The van der Waals surface area contributed by atoms with E-state index in [1.807, 2.05) is 0 Å². The van der Waals surface area contributed by atoms with E-state index in [0.29, 0.717) is 29.4 Å². The minimum Gasteiger partial charge on any atom is -0.494 e. The van der Waals surface area contributed by atoms with E-state index >= 15 is 0 Å². The molecule has 0 bridgehead atoms. The van der Waals surface area contributed by atoms with Crippen LogP contribution in [0, 0.1) is 0 Å². The van der Waals surface area contributed by atoms with Crippen molar-refractivity contribution in [3.05, 3.63) is 67.6 Å². The Labute approximate surface area is 172 Å².